The first-order chi connectivity index (χ1) is 10.1. The SMILES string of the molecule is Cc1cc(NC(=O)Cn2cnc3ncccc3c2=O)no1. The van der Waals surface area contributed by atoms with E-state index < -0.39 is 5.91 Å². The van der Waals surface area contributed by atoms with Crippen LogP contribution in [0.15, 0.2) is 40.0 Å². The molecule has 1 amide bonds. The zero-order valence-electron chi connectivity index (χ0n) is 11.1. The highest BCUT2D eigenvalue weighted by Gasteiger charge is 2.10. The number of aromatic nitrogens is 4. The standard InChI is InChI=1S/C13H11N5O3/c1-8-5-10(17-21-8)16-11(19)6-18-7-15-12-9(13(18)20)3-2-4-14-12/h2-5,7H,6H2,1H3,(H,16,17,19). The fourth-order valence-electron chi connectivity index (χ4n) is 1.87. The summed E-state index contributed by atoms with van der Waals surface area (Å²) in [5, 5.41) is 6.56. The first-order valence-corrected chi connectivity index (χ1v) is 6.17. The predicted molar refractivity (Wildman–Crippen MR) is 73.7 cm³/mol. The number of amides is 1. The molecule has 0 aliphatic heterocycles. The van der Waals surface area contributed by atoms with Gasteiger partial charge in [0.25, 0.3) is 5.56 Å². The van der Waals surface area contributed by atoms with Crippen molar-refractivity contribution >= 4 is 22.8 Å². The summed E-state index contributed by atoms with van der Waals surface area (Å²) in [5.74, 6) is 0.498. The Morgan fingerprint density at radius 2 is 2.29 bits per heavy atom. The summed E-state index contributed by atoms with van der Waals surface area (Å²) < 4.78 is 6.06. The van der Waals surface area contributed by atoms with Gasteiger partial charge in [-0.1, -0.05) is 5.16 Å². The third-order valence-corrected chi connectivity index (χ3v) is 2.81. The van der Waals surface area contributed by atoms with Gasteiger partial charge in [-0.15, -0.1) is 0 Å². The Balaban J connectivity index is 1.83. The van der Waals surface area contributed by atoms with Crippen LogP contribution in [0.2, 0.25) is 0 Å². The second-order valence-corrected chi connectivity index (χ2v) is 4.42. The second kappa shape index (κ2) is 5.16. The smallest absolute Gasteiger partial charge is 0.263 e. The fraction of sp³-hybridized carbons (Fsp3) is 0.154. The van der Waals surface area contributed by atoms with Gasteiger partial charge in [-0.25, -0.2) is 9.97 Å². The van der Waals surface area contributed by atoms with E-state index in [1.807, 2.05) is 0 Å². The van der Waals surface area contributed by atoms with Gasteiger partial charge in [-0.05, 0) is 19.1 Å². The summed E-state index contributed by atoms with van der Waals surface area (Å²) >= 11 is 0. The molecule has 0 atom stereocenters. The molecule has 0 aliphatic carbocycles. The molecule has 21 heavy (non-hydrogen) atoms. The van der Waals surface area contributed by atoms with Crippen LogP contribution in [-0.4, -0.2) is 25.6 Å². The quantitative estimate of drug-likeness (QED) is 0.760. The summed E-state index contributed by atoms with van der Waals surface area (Å²) in [5.41, 5.74) is 0.0332. The number of anilines is 1. The van der Waals surface area contributed by atoms with Crippen molar-refractivity contribution in [2.75, 3.05) is 5.32 Å². The third-order valence-electron chi connectivity index (χ3n) is 2.81. The van der Waals surface area contributed by atoms with Gasteiger partial charge >= 0.3 is 0 Å². The summed E-state index contributed by atoms with van der Waals surface area (Å²) in [7, 11) is 0. The minimum absolute atomic E-state index is 0.164. The van der Waals surface area contributed by atoms with Crippen LogP contribution >= 0.6 is 0 Å². The second-order valence-electron chi connectivity index (χ2n) is 4.42. The van der Waals surface area contributed by atoms with Crippen LogP contribution in [0.3, 0.4) is 0 Å². The van der Waals surface area contributed by atoms with E-state index in [2.05, 4.69) is 20.4 Å². The van der Waals surface area contributed by atoms with Gasteiger partial charge in [-0.3, -0.25) is 14.2 Å². The summed E-state index contributed by atoms with van der Waals surface area (Å²) in [6.45, 7) is 1.55. The molecule has 1 N–H and O–H groups in total. The maximum atomic E-state index is 12.2. The molecule has 0 fully saturated rings. The molecule has 3 rings (SSSR count). The van der Waals surface area contributed by atoms with Crippen LogP contribution < -0.4 is 10.9 Å². The Morgan fingerprint density at radius 3 is 3.05 bits per heavy atom. The molecule has 0 bridgehead atoms. The normalized spacial score (nSPS) is 10.7. The van der Waals surface area contributed by atoms with E-state index in [0.717, 1.165) is 0 Å². The van der Waals surface area contributed by atoms with Crippen LogP contribution in [0, 0.1) is 6.92 Å². The Morgan fingerprint density at radius 1 is 1.43 bits per heavy atom. The van der Waals surface area contributed by atoms with Crippen molar-refractivity contribution in [3.8, 4) is 0 Å². The molecule has 3 aromatic heterocycles. The highest BCUT2D eigenvalue weighted by Crippen LogP contribution is 2.07. The number of nitrogens with zero attached hydrogens (tertiary/aromatic N) is 4. The summed E-state index contributed by atoms with van der Waals surface area (Å²) in [6.07, 6.45) is 2.85. The molecule has 0 unspecified atom stereocenters. The lowest BCUT2D eigenvalue weighted by Gasteiger charge is -2.05. The molecule has 0 spiro atoms. The van der Waals surface area contributed by atoms with Gasteiger partial charge in [0.05, 0.1) is 5.39 Å². The van der Waals surface area contributed by atoms with Gasteiger partial charge in [0.1, 0.15) is 18.6 Å². The number of aryl methyl sites for hydroxylation is 1. The lowest BCUT2D eigenvalue weighted by Crippen LogP contribution is -2.28. The molecule has 106 valence electrons. The van der Waals surface area contributed by atoms with E-state index >= 15 is 0 Å². The molecule has 3 heterocycles. The number of rotatable bonds is 3. The maximum absolute atomic E-state index is 12.2. The number of hydrogen-bond acceptors (Lipinski definition) is 6. The average molecular weight is 285 g/mol. The van der Waals surface area contributed by atoms with E-state index in [4.69, 9.17) is 4.52 Å². The largest absolute Gasteiger partial charge is 0.360 e. The van der Waals surface area contributed by atoms with E-state index in [-0.39, 0.29) is 12.1 Å². The average Bonchev–Trinajstić information content (AvgIpc) is 2.87. The number of carbonyl (C=O) groups excluding carboxylic acids is 1. The van der Waals surface area contributed by atoms with Crippen molar-refractivity contribution in [3.05, 3.63) is 46.8 Å². The van der Waals surface area contributed by atoms with Crippen molar-refractivity contribution in [1.82, 2.24) is 19.7 Å². The zero-order valence-corrected chi connectivity index (χ0v) is 11.1. The maximum Gasteiger partial charge on any atom is 0.263 e. The highest BCUT2D eigenvalue weighted by molar-refractivity contribution is 5.89. The summed E-state index contributed by atoms with van der Waals surface area (Å²) in [4.78, 5) is 32.1. The first kappa shape index (κ1) is 13.0. The molecule has 8 heteroatoms. The molecular weight excluding hydrogens is 274 g/mol. The molecule has 0 aliphatic rings. The third kappa shape index (κ3) is 2.64. The van der Waals surface area contributed by atoms with Crippen LogP contribution in [0.1, 0.15) is 5.76 Å². The van der Waals surface area contributed by atoms with E-state index in [9.17, 15) is 9.59 Å². The Kier molecular flexibility index (Phi) is 3.19. The number of pyridine rings is 1. The van der Waals surface area contributed by atoms with E-state index in [0.29, 0.717) is 22.6 Å². The molecule has 0 saturated heterocycles. The molecule has 3 aromatic rings. The fourth-order valence-corrected chi connectivity index (χ4v) is 1.87. The lowest BCUT2D eigenvalue weighted by atomic mass is 10.3. The van der Waals surface area contributed by atoms with E-state index in [1.165, 1.54) is 10.9 Å². The van der Waals surface area contributed by atoms with Gasteiger partial charge < -0.3 is 9.84 Å². The van der Waals surface area contributed by atoms with Gasteiger partial charge in [0.2, 0.25) is 5.91 Å². The van der Waals surface area contributed by atoms with Gasteiger partial charge in [0, 0.05) is 12.3 Å². The number of hydrogen-bond donors (Lipinski definition) is 1. The van der Waals surface area contributed by atoms with Crippen molar-refractivity contribution in [2.24, 2.45) is 0 Å². The number of nitrogens with one attached hydrogen (secondary N) is 1. The van der Waals surface area contributed by atoms with Crippen molar-refractivity contribution < 1.29 is 9.32 Å². The zero-order chi connectivity index (χ0) is 14.8. The van der Waals surface area contributed by atoms with Crippen LogP contribution in [0.4, 0.5) is 5.82 Å². The Bertz CT molecular complexity index is 867. The Hall–Kier alpha value is -3.03. The topological polar surface area (TPSA) is 103 Å². The minimum Gasteiger partial charge on any atom is -0.360 e. The molecule has 0 saturated carbocycles. The lowest BCUT2D eigenvalue weighted by molar-refractivity contribution is -0.116. The van der Waals surface area contributed by atoms with Crippen LogP contribution in [0.5, 0.6) is 0 Å². The van der Waals surface area contributed by atoms with Crippen LogP contribution in [-0.2, 0) is 11.3 Å². The highest BCUT2D eigenvalue weighted by atomic mass is 16.5. The van der Waals surface area contributed by atoms with Crippen molar-refractivity contribution in [1.29, 1.82) is 0 Å². The molecule has 0 radical (unpaired) electrons. The monoisotopic (exact) mass is 285 g/mol. The molecule has 0 aromatic carbocycles. The van der Waals surface area contributed by atoms with E-state index in [1.54, 1.807) is 31.3 Å². The first-order valence-electron chi connectivity index (χ1n) is 6.17. The molecule has 8 nitrogen and oxygen atoms in total. The molecular formula is C13H11N5O3. The predicted octanol–water partition coefficient (Wildman–Crippen LogP) is 0.727. The number of carbonyl (C=O) groups is 1. The summed E-state index contributed by atoms with van der Waals surface area (Å²) in [6, 6.07) is 4.85. The van der Waals surface area contributed by atoms with Gasteiger partial charge in [-0.2, -0.15) is 0 Å². The van der Waals surface area contributed by atoms with Crippen molar-refractivity contribution in [3.63, 3.8) is 0 Å². The number of fused-ring (bicyclic) bond motifs is 1. The minimum atomic E-state index is -0.393. The Labute approximate surface area is 118 Å². The van der Waals surface area contributed by atoms with Gasteiger partial charge in [0.15, 0.2) is 11.5 Å². The van der Waals surface area contributed by atoms with Crippen LogP contribution in [0.25, 0.3) is 11.0 Å². The van der Waals surface area contributed by atoms with Crippen molar-refractivity contribution in [2.45, 2.75) is 13.5 Å².